The van der Waals surface area contributed by atoms with Gasteiger partial charge in [-0.15, -0.1) is 0 Å². The molecule has 1 rings (SSSR count). The van der Waals surface area contributed by atoms with Crippen molar-refractivity contribution in [2.24, 2.45) is 11.7 Å². The quantitative estimate of drug-likeness (QED) is 0.745. The summed E-state index contributed by atoms with van der Waals surface area (Å²) in [6.07, 6.45) is 7.12. The van der Waals surface area contributed by atoms with Gasteiger partial charge in [0.25, 0.3) is 0 Å². The van der Waals surface area contributed by atoms with Crippen LogP contribution in [0.4, 0.5) is 0 Å². The summed E-state index contributed by atoms with van der Waals surface area (Å²) in [5.41, 5.74) is 7.99. The zero-order valence-electron chi connectivity index (χ0n) is 12.1. The number of nitrogens with zero attached hydrogens (tertiary/aromatic N) is 1. The van der Waals surface area contributed by atoms with Crippen LogP contribution in [-0.4, -0.2) is 30.6 Å². The molecule has 1 atom stereocenters. The fourth-order valence-electron chi connectivity index (χ4n) is 3.06. The Bertz CT molecular complexity index is 250. The summed E-state index contributed by atoms with van der Waals surface area (Å²) >= 11 is 0. The number of nitrogens with two attached hydrogens (primary N) is 1. The van der Waals surface area contributed by atoms with E-state index in [0.29, 0.717) is 0 Å². The van der Waals surface area contributed by atoms with Crippen LogP contribution < -0.4 is 5.73 Å². The van der Waals surface area contributed by atoms with Crippen molar-refractivity contribution >= 4 is 0 Å². The highest BCUT2D eigenvalue weighted by Crippen LogP contribution is 2.38. The van der Waals surface area contributed by atoms with Crippen molar-refractivity contribution in [3.8, 4) is 0 Å². The maximum absolute atomic E-state index is 6.50. The molecule has 0 heterocycles. The number of likely N-dealkylation sites (N-methyl/N-ethyl adjacent to an activating group) is 1. The van der Waals surface area contributed by atoms with Crippen LogP contribution in [0, 0.1) is 5.92 Å². The third kappa shape index (κ3) is 3.32. The highest BCUT2D eigenvalue weighted by atomic mass is 15.2. The molecule has 2 N–H and O–H groups in total. The van der Waals surface area contributed by atoms with Gasteiger partial charge in [-0.1, -0.05) is 26.0 Å². The molecule has 1 aliphatic carbocycles. The molecule has 0 spiro atoms. The standard InChI is InChI=1S/C15H30N2/c1-6-12(2)11-14(16)15(17(4)5)9-7-13(3)8-10-15/h13-14H,2,6-11,16H2,1,3-5H3. The normalized spacial score (nSPS) is 31.5. The fourth-order valence-corrected chi connectivity index (χ4v) is 3.06. The van der Waals surface area contributed by atoms with Gasteiger partial charge in [-0.3, -0.25) is 0 Å². The largest absolute Gasteiger partial charge is 0.326 e. The molecule has 100 valence electrons. The van der Waals surface area contributed by atoms with Gasteiger partial charge in [-0.2, -0.15) is 0 Å². The van der Waals surface area contributed by atoms with Gasteiger partial charge >= 0.3 is 0 Å². The lowest BCUT2D eigenvalue weighted by molar-refractivity contribution is 0.0567. The first kappa shape index (κ1) is 14.7. The molecule has 1 fully saturated rings. The molecule has 1 aliphatic rings. The van der Waals surface area contributed by atoms with Gasteiger partial charge in [0, 0.05) is 11.6 Å². The SMILES string of the molecule is C=C(CC)CC(N)C1(N(C)C)CCC(C)CC1. The Hall–Kier alpha value is -0.340. The van der Waals surface area contributed by atoms with Crippen LogP contribution in [0.25, 0.3) is 0 Å². The van der Waals surface area contributed by atoms with Crippen molar-refractivity contribution in [2.45, 2.75) is 64.0 Å². The maximum atomic E-state index is 6.50. The summed E-state index contributed by atoms with van der Waals surface area (Å²) in [7, 11) is 4.37. The van der Waals surface area contributed by atoms with E-state index in [0.717, 1.165) is 18.8 Å². The Labute approximate surface area is 107 Å². The van der Waals surface area contributed by atoms with E-state index in [1.807, 2.05) is 0 Å². The van der Waals surface area contributed by atoms with Crippen LogP contribution in [0.15, 0.2) is 12.2 Å². The van der Waals surface area contributed by atoms with E-state index in [1.165, 1.54) is 31.3 Å². The van der Waals surface area contributed by atoms with Crippen LogP contribution in [0.2, 0.25) is 0 Å². The first-order valence-electron chi connectivity index (χ1n) is 7.02. The summed E-state index contributed by atoms with van der Waals surface area (Å²) in [6, 6.07) is 0.234. The van der Waals surface area contributed by atoms with Crippen LogP contribution in [-0.2, 0) is 0 Å². The Morgan fingerprint density at radius 2 is 1.94 bits per heavy atom. The van der Waals surface area contributed by atoms with Gasteiger partial charge < -0.3 is 10.6 Å². The zero-order valence-corrected chi connectivity index (χ0v) is 12.1. The molecule has 0 bridgehead atoms. The van der Waals surface area contributed by atoms with Gasteiger partial charge in [0.1, 0.15) is 0 Å². The molecular formula is C15H30N2. The highest BCUT2D eigenvalue weighted by molar-refractivity contribution is 5.06. The monoisotopic (exact) mass is 238 g/mol. The predicted octanol–water partition coefficient (Wildman–Crippen LogP) is 3.18. The molecule has 0 aromatic rings. The Kier molecular flexibility index (Phi) is 5.21. The molecule has 0 saturated heterocycles. The zero-order chi connectivity index (χ0) is 13.1. The maximum Gasteiger partial charge on any atom is 0.0357 e. The summed E-state index contributed by atoms with van der Waals surface area (Å²) in [5.74, 6) is 0.865. The Morgan fingerprint density at radius 1 is 1.41 bits per heavy atom. The minimum atomic E-state index is 0.199. The van der Waals surface area contributed by atoms with Gasteiger partial charge in [0.15, 0.2) is 0 Å². The third-order valence-electron chi connectivity index (χ3n) is 4.73. The van der Waals surface area contributed by atoms with E-state index >= 15 is 0 Å². The van der Waals surface area contributed by atoms with Crippen molar-refractivity contribution in [3.05, 3.63) is 12.2 Å². The first-order valence-corrected chi connectivity index (χ1v) is 7.02. The second-order valence-electron chi connectivity index (χ2n) is 6.09. The molecule has 2 nitrogen and oxygen atoms in total. The minimum absolute atomic E-state index is 0.199. The van der Waals surface area contributed by atoms with Crippen LogP contribution in [0.5, 0.6) is 0 Å². The third-order valence-corrected chi connectivity index (χ3v) is 4.73. The minimum Gasteiger partial charge on any atom is -0.326 e. The van der Waals surface area contributed by atoms with E-state index in [2.05, 4.69) is 39.4 Å². The Morgan fingerprint density at radius 3 is 2.35 bits per heavy atom. The lowest BCUT2D eigenvalue weighted by Gasteiger charge is -2.48. The van der Waals surface area contributed by atoms with Crippen molar-refractivity contribution in [2.75, 3.05) is 14.1 Å². The van der Waals surface area contributed by atoms with Gasteiger partial charge in [-0.05, 0) is 58.5 Å². The lowest BCUT2D eigenvalue weighted by atomic mass is 9.71. The van der Waals surface area contributed by atoms with Crippen molar-refractivity contribution in [1.29, 1.82) is 0 Å². The molecule has 2 heteroatoms. The fraction of sp³-hybridized carbons (Fsp3) is 0.867. The van der Waals surface area contributed by atoms with Crippen LogP contribution in [0.3, 0.4) is 0 Å². The lowest BCUT2D eigenvalue weighted by Crippen LogP contribution is -2.59. The first-order chi connectivity index (χ1) is 7.92. The number of hydrogen-bond acceptors (Lipinski definition) is 2. The molecule has 0 aromatic carbocycles. The summed E-state index contributed by atoms with van der Waals surface area (Å²) in [5, 5.41) is 0. The summed E-state index contributed by atoms with van der Waals surface area (Å²) in [6.45, 7) is 8.64. The molecule has 1 unspecified atom stereocenters. The van der Waals surface area contributed by atoms with E-state index in [-0.39, 0.29) is 11.6 Å². The van der Waals surface area contributed by atoms with Crippen LogP contribution >= 0.6 is 0 Å². The van der Waals surface area contributed by atoms with E-state index < -0.39 is 0 Å². The Balaban J connectivity index is 2.74. The summed E-state index contributed by atoms with van der Waals surface area (Å²) in [4.78, 5) is 2.37. The number of hydrogen-bond donors (Lipinski definition) is 1. The van der Waals surface area contributed by atoms with Crippen molar-refractivity contribution < 1.29 is 0 Å². The molecule has 0 aliphatic heterocycles. The molecular weight excluding hydrogens is 208 g/mol. The predicted molar refractivity (Wildman–Crippen MR) is 76.1 cm³/mol. The highest BCUT2D eigenvalue weighted by Gasteiger charge is 2.41. The van der Waals surface area contributed by atoms with Gasteiger partial charge in [0.2, 0.25) is 0 Å². The molecule has 17 heavy (non-hydrogen) atoms. The molecule has 0 radical (unpaired) electrons. The van der Waals surface area contributed by atoms with E-state index in [4.69, 9.17) is 5.73 Å². The topological polar surface area (TPSA) is 29.3 Å². The average Bonchev–Trinajstić information content (AvgIpc) is 2.29. The van der Waals surface area contributed by atoms with Crippen molar-refractivity contribution in [3.63, 3.8) is 0 Å². The smallest absolute Gasteiger partial charge is 0.0357 e. The average molecular weight is 238 g/mol. The van der Waals surface area contributed by atoms with E-state index in [1.54, 1.807) is 0 Å². The second kappa shape index (κ2) is 6.01. The molecule has 0 aromatic heterocycles. The molecule has 1 saturated carbocycles. The van der Waals surface area contributed by atoms with E-state index in [9.17, 15) is 0 Å². The van der Waals surface area contributed by atoms with Crippen molar-refractivity contribution in [1.82, 2.24) is 4.90 Å². The van der Waals surface area contributed by atoms with Gasteiger partial charge in [-0.25, -0.2) is 0 Å². The molecule has 0 amide bonds. The number of rotatable bonds is 5. The van der Waals surface area contributed by atoms with Gasteiger partial charge in [0.05, 0.1) is 0 Å². The summed E-state index contributed by atoms with van der Waals surface area (Å²) < 4.78 is 0. The van der Waals surface area contributed by atoms with Crippen LogP contribution in [0.1, 0.15) is 52.4 Å². The second-order valence-corrected chi connectivity index (χ2v) is 6.09.